The van der Waals surface area contributed by atoms with Crippen LogP contribution in [-0.2, 0) is 10.0 Å². The van der Waals surface area contributed by atoms with E-state index in [0.717, 1.165) is 5.56 Å². The SMILES string of the molecule is Cc1cc(C)c(S(=O)(=O)NC(COc2cccc(N)c2)C(F)(F)F)c(C)c1. The van der Waals surface area contributed by atoms with Crippen molar-refractivity contribution in [3.05, 3.63) is 53.1 Å². The highest BCUT2D eigenvalue weighted by atomic mass is 32.2. The van der Waals surface area contributed by atoms with Crippen LogP contribution < -0.4 is 15.2 Å². The molecule has 1 unspecified atom stereocenters. The number of halogens is 3. The zero-order chi connectivity index (χ0) is 20.4. The van der Waals surface area contributed by atoms with E-state index in [9.17, 15) is 21.6 Å². The van der Waals surface area contributed by atoms with Crippen molar-refractivity contribution < 1.29 is 26.3 Å². The second kappa shape index (κ2) is 7.77. The monoisotopic (exact) mass is 402 g/mol. The molecule has 148 valence electrons. The second-order valence-corrected chi connectivity index (χ2v) is 7.98. The van der Waals surface area contributed by atoms with E-state index in [4.69, 9.17) is 10.5 Å². The smallest absolute Gasteiger partial charge is 0.408 e. The Balaban J connectivity index is 2.28. The van der Waals surface area contributed by atoms with Gasteiger partial charge in [-0.05, 0) is 44.0 Å². The minimum atomic E-state index is -4.83. The molecule has 2 aromatic carbocycles. The van der Waals surface area contributed by atoms with Crippen molar-refractivity contribution in [2.75, 3.05) is 12.3 Å². The summed E-state index contributed by atoms with van der Waals surface area (Å²) in [4.78, 5) is -0.161. The lowest BCUT2D eigenvalue weighted by atomic mass is 10.1. The number of hydrogen-bond acceptors (Lipinski definition) is 4. The number of alkyl halides is 3. The fourth-order valence-electron chi connectivity index (χ4n) is 2.82. The summed E-state index contributed by atoms with van der Waals surface area (Å²) in [6, 6.07) is 6.67. The number of benzene rings is 2. The van der Waals surface area contributed by atoms with Crippen LogP contribution in [0, 0.1) is 20.8 Å². The molecule has 5 nitrogen and oxygen atoms in total. The van der Waals surface area contributed by atoms with E-state index in [2.05, 4.69) is 0 Å². The van der Waals surface area contributed by atoms with Crippen LogP contribution in [0.5, 0.6) is 5.75 Å². The number of hydrogen-bond donors (Lipinski definition) is 2. The van der Waals surface area contributed by atoms with Crippen molar-refractivity contribution >= 4 is 15.7 Å². The molecule has 0 aliphatic heterocycles. The number of nitrogen functional groups attached to an aromatic ring is 1. The van der Waals surface area contributed by atoms with Crippen molar-refractivity contribution in [3.63, 3.8) is 0 Å². The summed E-state index contributed by atoms with van der Waals surface area (Å²) in [5.74, 6) is 0.117. The van der Waals surface area contributed by atoms with Gasteiger partial charge in [0.05, 0.1) is 4.90 Å². The molecule has 0 saturated carbocycles. The number of sulfonamides is 1. The van der Waals surface area contributed by atoms with Crippen LogP contribution >= 0.6 is 0 Å². The molecule has 0 radical (unpaired) electrons. The van der Waals surface area contributed by atoms with Crippen LogP contribution in [0.3, 0.4) is 0 Å². The molecule has 0 heterocycles. The fraction of sp³-hybridized carbons (Fsp3) is 0.333. The van der Waals surface area contributed by atoms with Gasteiger partial charge < -0.3 is 10.5 Å². The number of aryl methyl sites for hydroxylation is 3. The lowest BCUT2D eigenvalue weighted by molar-refractivity contribution is -0.157. The fourth-order valence-corrected chi connectivity index (χ4v) is 4.48. The third-order valence-corrected chi connectivity index (χ3v) is 5.62. The zero-order valence-corrected chi connectivity index (χ0v) is 15.9. The van der Waals surface area contributed by atoms with Crippen LogP contribution in [-0.4, -0.2) is 27.2 Å². The van der Waals surface area contributed by atoms with Gasteiger partial charge in [-0.3, -0.25) is 0 Å². The van der Waals surface area contributed by atoms with Crippen LogP contribution in [0.15, 0.2) is 41.3 Å². The lowest BCUT2D eigenvalue weighted by Crippen LogP contribution is -2.49. The number of anilines is 1. The average Bonchev–Trinajstić information content (AvgIpc) is 2.49. The van der Waals surface area contributed by atoms with Gasteiger partial charge in [-0.15, -0.1) is 0 Å². The summed E-state index contributed by atoms with van der Waals surface area (Å²) in [5, 5.41) is 0. The standard InChI is InChI=1S/C18H21F3N2O3S/c1-11-7-12(2)17(13(3)8-11)27(24,25)23-16(18(19,20)21)10-26-15-6-4-5-14(22)9-15/h4-9,16,23H,10,22H2,1-3H3. The van der Waals surface area contributed by atoms with E-state index >= 15 is 0 Å². The molecule has 0 spiro atoms. The van der Waals surface area contributed by atoms with Crippen LogP contribution in [0.2, 0.25) is 0 Å². The molecule has 2 rings (SSSR count). The Hall–Kier alpha value is -2.26. The van der Waals surface area contributed by atoms with Gasteiger partial charge in [0.25, 0.3) is 0 Å². The number of nitrogens with one attached hydrogen (secondary N) is 1. The summed E-state index contributed by atoms with van der Waals surface area (Å²) >= 11 is 0. The minimum Gasteiger partial charge on any atom is -0.491 e. The predicted molar refractivity (Wildman–Crippen MR) is 97.2 cm³/mol. The van der Waals surface area contributed by atoms with Crippen LogP contribution in [0.4, 0.5) is 18.9 Å². The highest BCUT2D eigenvalue weighted by Gasteiger charge is 2.43. The quantitative estimate of drug-likeness (QED) is 0.725. The van der Waals surface area contributed by atoms with Gasteiger partial charge in [0.15, 0.2) is 6.04 Å². The van der Waals surface area contributed by atoms with Crippen molar-refractivity contribution in [1.29, 1.82) is 0 Å². The molecular weight excluding hydrogens is 381 g/mol. The van der Waals surface area contributed by atoms with Crippen molar-refractivity contribution in [2.24, 2.45) is 0 Å². The van der Waals surface area contributed by atoms with E-state index in [0.29, 0.717) is 16.8 Å². The molecule has 27 heavy (non-hydrogen) atoms. The van der Waals surface area contributed by atoms with Crippen LogP contribution in [0.1, 0.15) is 16.7 Å². The Kier molecular flexibility index (Phi) is 6.06. The highest BCUT2D eigenvalue weighted by molar-refractivity contribution is 7.89. The molecule has 0 bridgehead atoms. The maximum absolute atomic E-state index is 13.4. The third kappa shape index (κ3) is 5.36. The third-order valence-electron chi connectivity index (χ3n) is 3.84. The van der Waals surface area contributed by atoms with E-state index in [1.165, 1.54) is 18.2 Å². The largest absolute Gasteiger partial charge is 0.491 e. The minimum absolute atomic E-state index is 0.117. The van der Waals surface area contributed by atoms with Crippen molar-refractivity contribution in [1.82, 2.24) is 4.72 Å². The van der Waals surface area contributed by atoms with Gasteiger partial charge in [0, 0.05) is 11.8 Å². The lowest BCUT2D eigenvalue weighted by Gasteiger charge is -2.23. The Morgan fingerprint density at radius 2 is 1.70 bits per heavy atom. The van der Waals surface area contributed by atoms with Crippen LogP contribution in [0.25, 0.3) is 0 Å². The Morgan fingerprint density at radius 3 is 2.22 bits per heavy atom. The number of nitrogens with two attached hydrogens (primary N) is 1. The normalized spacial score (nSPS) is 13.4. The summed E-state index contributed by atoms with van der Waals surface area (Å²) < 4.78 is 72.2. The molecule has 1 atom stereocenters. The number of rotatable bonds is 6. The first kappa shape index (κ1) is 21.0. The summed E-state index contributed by atoms with van der Waals surface area (Å²) in [6.45, 7) is 3.94. The van der Waals surface area contributed by atoms with E-state index in [1.54, 1.807) is 43.7 Å². The summed E-state index contributed by atoms with van der Waals surface area (Å²) in [5.41, 5.74) is 7.45. The molecule has 2 aromatic rings. The first-order chi connectivity index (χ1) is 12.4. The molecule has 9 heteroatoms. The van der Waals surface area contributed by atoms with Crippen molar-refractivity contribution in [3.8, 4) is 5.75 Å². The summed E-state index contributed by atoms with van der Waals surface area (Å²) in [7, 11) is -4.41. The van der Waals surface area contributed by atoms with Gasteiger partial charge >= 0.3 is 6.18 Å². The highest BCUT2D eigenvalue weighted by Crippen LogP contribution is 2.26. The second-order valence-electron chi connectivity index (χ2n) is 6.33. The Bertz CT molecular complexity index is 905. The first-order valence-corrected chi connectivity index (χ1v) is 9.53. The van der Waals surface area contributed by atoms with Gasteiger partial charge in [-0.2, -0.15) is 17.9 Å². The molecule has 0 aliphatic rings. The molecule has 0 aromatic heterocycles. The Morgan fingerprint density at radius 1 is 1.11 bits per heavy atom. The maximum atomic E-state index is 13.4. The van der Waals surface area contributed by atoms with E-state index in [-0.39, 0.29) is 10.6 Å². The first-order valence-electron chi connectivity index (χ1n) is 8.05. The predicted octanol–water partition coefficient (Wildman–Crippen LogP) is 3.48. The van der Waals surface area contributed by atoms with E-state index in [1.807, 2.05) is 0 Å². The Labute approximate surface area is 156 Å². The van der Waals surface area contributed by atoms with Gasteiger partial charge in [-0.1, -0.05) is 23.8 Å². The molecule has 0 amide bonds. The van der Waals surface area contributed by atoms with Gasteiger partial charge in [0.1, 0.15) is 12.4 Å². The number of ether oxygens (including phenoxy) is 1. The van der Waals surface area contributed by atoms with E-state index < -0.39 is 28.8 Å². The maximum Gasteiger partial charge on any atom is 0.408 e. The molecule has 0 fully saturated rings. The molecule has 0 aliphatic carbocycles. The van der Waals surface area contributed by atoms with Crippen molar-refractivity contribution in [2.45, 2.75) is 37.9 Å². The zero-order valence-electron chi connectivity index (χ0n) is 15.1. The molecule has 0 saturated heterocycles. The van der Waals surface area contributed by atoms with Gasteiger partial charge in [-0.25, -0.2) is 8.42 Å². The van der Waals surface area contributed by atoms with Gasteiger partial charge in [0.2, 0.25) is 10.0 Å². The molecule has 3 N–H and O–H groups in total. The average molecular weight is 402 g/mol. The molecular formula is C18H21F3N2O3S. The summed E-state index contributed by atoms with van der Waals surface area (Å²) in [6.07, 6.45) is -4.83. The topological polar surface area (TPSA) is 81.4 Å².